The summed E-state index contributed by atoms with van der Waals surface area (Å²) < 4.78 is 2.01. The maximum Gasteiger partial charge on any atom is 0.209 e. The van der Waals surface area contributed by atoms with Crippen molar-refractivity contribution in [3.63, 3.8) is 0 Å². The van der Waals surface area contributed by atoms with Gasteiger partial charge in [-0.3, -0.25) is 0 Å². The zero-order valence-corrected chi connectivity index (χ0v) is 10.7. The summed E-state index contributed by atoms with van der Waals surface area (Å²) >= 11 is 1.74. The van der Waals surface area contributed by atoms with Gasteiger partial charge in [0.1, 0.15) is 0 Å². The summed E-state index contributed by atoms with van der Waals surface area (Å²) in [5, 5.41) is 16.2. The maximum absolute atomic E-state index is 4.12. The van der Waals surface area contributed by atoms with Crippen LogP contribution in [0.2, 0.25) is 0 Å². The average molecular weight is 241 g/mol. The number of hydrogen-bond donors (Lipinski definition) is 1. The highest BCUT2D eigenvalue weighted by atomic mass is 32.2. The van der Waals surface area contributed by atoms with E-state index in [1.54, 1.807) is 11.8 Å². The van der Waals surface area contributed by atoms with Crippen LogP contribution in [-0.4, -0.2) is 39.0 Å². The van der Waals surface area contributed by atoms with Crippen molar-refractivity contribution >= 4 is 11.8 Å². The number of tetrazole rings is 1. The first-order valence-electron chi connectivity index (χ1n) is 5.89. The van der Waals surface area contributed by atoms with Crippen LogP contribution in [0.1, 0.15) is 38.6 Å². The van der Waals surface area contributed by atoms with E-state index in [0.717, 1.165) is 10.9 Å². The molecular formula is C10H19N5S. The molecule has 0 amide bonds. The van der Waals surface area contributed by atoms with E-state index in [1.807, 2.05) is 11.7 Å². The lowest BCUT2D eigenvalue weighted by molar-refractivity contribution is 0.423. The highest BCUT2D eigenvalue weighted by Gasteiger charge is 2.21. The summed E-state index contributed by atoms with van der Waals surface area (Å²) in [5.41, 5.74) is 0. The van der Waals surface area contributed by atoms with Crippen molar-refractivity contribution in [3.8, 4) is 0 Å². The van der Waals surface area contributed by atoms with Crippen LogP contribution in [0, 0.1) is 0 Å². The van der Waals surface area contributed by atoms with Crippen LogP contribution < -0.4 is 5.32 Å². The Morgan fingerprint density at radius 1 is 1.50 bits per heavy atom. The number of aromatic nitrogens is 4. The number of hydrogen-bond acceptors (Lipinski definition) is 5. The second-order valence-corrected chi connectivity index (χ2v) is 5.33. The van der Waals surface area contributed by atoms with Gasteiger partial charge in [0, 0.05) is 11.8 Å². The molecule has 5 nitrogen and oxygen atoms in total. The zero-order chi connectivity index (χ0) is 11.4. The molecular weight excluding hydrogens is 222 g/mol. The smallest absolute Gasteiger partial charge is 0.209 e. The lowest BCUT2D eigenvalue weighted by Gasteiger charge is -2.12. The Morgan fingerprint density at radius 3 is 2.94 bits per heavy atom. The predicted molar refractivity (Wildman–Crippen MR) is 64.6 cm³/mol. The fourth-order valence-electron chi connectivity index (χ4n) is 1.94. The summed E-state index contributed by atoms with van der Waals surface area (Å²) in [7, 11) is 1.98. The maximum atomic E-state index is 4.12. The van der Waals surface area contributed by atoms with E-state index in [-0.39, 0.29) is 0 Å². The Kier molecular flexibility index (Phi) is 4.17. The number of thioether (sulfide) groups is 1. The van der Waals surface area contributed by atoms with E-state index in [2.05, 4.69) is 27.8 Å². The monoisotopic (exact) mass is 241 g/mol. The SMILES string of the molecule is CNC(C)CSc1nnnn1C1CCCC1. The number of rotatable bonds is 5. The minimum atomic E-state index is 0.485. The molecule has 1 aromatic heterocycles. The fraction of sp³-hybridized carbons (Fsp3) is 0.900. The molecule has 1 N–H and O–H groups in total. The quantitative estimate of drug-likeness (QED) is 0.792. The Bertz CT molecular complexity index is 321. The summed E-state index contributed by atoms with van der Waals surface area (Å²) in [5.74, 6) is 1.00. The normalized spacial score (nSPS) is 19.1. The number of nitrogens with zero attached hydrogens (tertiary/aromatic N) is 4. The van der Waals surface area contributed by atoms with Crippen molar-refractivity contribution in [2.45, 2.75) is 49.8 Å². The van der Waals surface area contributed by atoms with Crippen molar-refractivity contribution in [1.29, 1.82) is 0 Å². The Labute approximate surface area is 100 Å². The van der Waals surface area contributed by atoms with Crippen molar-refractivity contribution in [3.05, 3.63) is 0 Å². The van der Waals surface area contributed by atoms with Crippen LogP contribution in [0.4, 0.5) is 0 Å². The van der Waals surface area contributed by atoms with E-state index < -0.39 is 0 Å². The average Bonchev–Trinajstić information content (AvgIpc) is 2.95. The van der Waals surface area contributed by atoms with Crippen LogP contribution in [0.15, 0.2) is 5.16 Å². The molecule has 1 aromatic rings. The first-order valence-corrected chi connectivity index (χ1v) is 6.87. The highest BCUT2D eigenvalue weighted by molar-refractivity contribution is 7.99. The third-order valence-electron chi connectivity index (χ3n) is 3.09. The number of nitrogens with one attached hydrogen (secondary N) is 1. The van der Waals surface area contributed by atoms with Gasteiger partial charge in [-0.2, -0.15) is 0 Å². The molecule has 16 heavy (non-hydrogen) atoms. The lowest BCUT2D eigenvalue weighted by atomic mass is 10.3. The van der Waals surface area contributed by atoms with Gasteiger partial charge in [0.25, 0.3) is 0 Å². The Morgan fingerprint density at radius 2 is 2.25 bits per heavy atom. The van der Waals surface area contributed by atoms with Crippen LogP contribution in [0.5, 0.6) is 0 Å². The first-order chi connectivity index (χ1) is 7.81. The molecule has 0 aromatic carbocycles. The Balaban J connectivity index is 1.95. The standard InChI is InChI=1S/C10H19N5S/c1-8(11-2)7-16-10-12-13-14-15(10)9-5-3-4-6-9/h8-9,11H,3-7H2,1-2H3. The molecule has 1 unspecified atom stereocenters. The fourth-order valence-corrected chi connectivity index (χ4v) is 2.92. The molecule has 1 aliphatic carbocycles. The summed E-state index contributed by atoms with van der Waals surface area (Å²) in [6.45, 7) is 2.16. The van der Waals surface area contributed by atoms with Gasteiger partial charge in [-0.15, -0.1) is 5.10 Å². The minimum Gasteiger partial charge on any atom is -0.316 e. The third-order valence-corrected chi connectivity index (χ3v) is 4.28. The molecule has 1 saturated carbocycles. The van der Waals surface area contributed by atoms with Crippen molar-refractivity contribution in [2.24, 2.45) is 0 Å². The molecule has 1 heterocycles. The molecule has 1 fully saturated rings. The van der Waals surface area contributed by atoms with Crippen LogP contribution >= 0.6 is 11.8 Å². The van der Waals surface area contributed by atoms with Gasteiger partial charge in [-0.05, 0) is 37.2 Å². The summed E-state index contributed by atoms with van der Waals surface area (Å²) in [6.07, 6.45) is 5.06. The van der Waals surface area contributed by atoms with E-state index in [1.165, 1.54) is 25.7 Å². The molecule has 0 bridgehead atoms. The Hall–Kier alpha value is -0.620. The molecule has 0 aliphatic heterocycles. The van der Waals surface area contributed by atoms with Gasteiger partial charge in [0.2, 0.25) is 5.16 Å². The van der Waals surface area contributed by atoms with Crippen LogP contribution in [-0.2, 0) is 0 Å². The van der Waals surface area contributed by atoms with Gasteiger partial charge in [-0.25, -0.2) is 4.68 Å². The topological polar surface area (TPSA) is 55.6 Å². The molecule has 6 heteroatoms. The van der Waals surface area contributed by atoms with E-state index in [4.69, 9.17) is 0 Å². The van der Waals surface area contributed by atoms with Crippen molar-refractivity contribution in [2.75, 3.05) is 12.8 Å². The largest absolute Gasteiger partial charge is 0.316 e. The van der Waals surface area contributed by atoms with Crippen molar-refractivity contribution < 1.29 is 0 Å². The van der Waals surface area contributed by atoms with E-state index in [0.29, 0.717) is 12.1 Å². The van der Waals surface area contributed by atoms with Gasteiger partial charge >= 0.3 is 0 Å². The van der Waals surface area contributed by atoms with E-state index in [9.17, 15) is 0 Å². The minimum absolute atomic E-state index is 0.485. The van der Waals surface area contributed by atoms with E-state index >= 15 is 0 Å². The van der Waals surface area contributed by atoms with Gasteiger partial charge in [-0.1, -0.05) is 24.6 Å². The van der Waals surface area contributed by atoms with Gasteiger partial charge < -0.3 is 5.32 Å². The first kappa shape index (κ1) is 11.9. The van der Waals surface area contributed by atoms with Crippen molar-refractivity contribution in [1.82, 2.24) is 25.5 Å². The molecule has 0 saturated heterocycles. The molecule has 90 valence electrons. The molecule has 2 rings (SSSR count). The van der Waals surface area contributed by atoms with Gasteiger partial charge in [0.15, 0.2) is 0 Å². The second-order valence-electron chi connectivity index (χ2n) is 4.35. The van der Waals surface area contributed by atoms with Crippen LogP contribution in [0.25, 0.3) is 0 Å². The second kappa shape index (κ2) is 5.63. The van der Waals surface area contributed by atoms with Crippen LogP contribution in [0.3, 0.4) is 0 Å². The summed E-state index contributed by atoms with van der Waals surface area (Å²) in [6, 6.07) is 1.01. The highest BCUT2D eigenvalue weighted by Crippen LogP contribution is 2.31. The molecule has 0 spiro atoms. The summed E-state index contributed by atoms with van der Waals surface area (Å²) in [4.78, 5) is 0. The third kappa shape index (κ3) is 2.74. The zero-order valence-electron chi connectivity index (χ0n) is 9.89. The molecule has 1 atom stereocenters. The molecule has 0 radical (unpaired) electrons. The van der Waals surface area contributed by atoms with Gasteiger partial charge in [0.05, 0.1) is 6.04 Å². The lowest BCUT2D eigenvalue weighted by Crippen LogP contribution is -2.23. The predicted octanol–water partition coefficient (Wildman–Crippen LogP) is 1.49. The molecule has 1 aliphatic rings.